The van der Waals surface area contributed by atoms with Crippen LogP contribution in [0.1, 0.15) is 24.3 Å². The normalized spacial score (nSPS) is 12.4. The van der Waals surface area contributed by atoms with Crippen molar-refractivity contribution in [3.63, 3.8) is 0 Å². The van der Waals surface area contributed by atoms with Gasteiger partial charge in [-0.1, -0.05) is 42.5 Å². The van der Waals surface area contributed by atoms with Crippen LogP contribution in [0.25, 0.3) is 21.9 Å². The van der Waals surface area contributed by atoms with Crippen molar-refractivity contribution in [1.29, 1.82) is 0 Å². The Morgan fingerprint density at radius 3 is 2.76 bits per heavy atom. The Balaban J connectivity index is 1.51. The molecule has 0 saturated carbocycles. The van der Waals surface area contributed by atoms with Crippen LogP contribution in [0, 0.1) is 0 Å². The van der Waals surface area contributed by atoms with E-state index < -0.39 is 0 Å². The first-order chi connectivity index (χ1) is 12.2. The average molecular weight is 330 g/mol. The van der Waals surface area contributed by atoms with Gasteiger partial charge in [0.1, 0.15) is 11.3 Å². The molecule has 1 N–H and O–H groups in total. The highest BCUT2D eigenvalue weighted by Crippen LogP contribution is 2.24. The molecule has 0 aliphatic carbocycles. The van der Waals surface area contributed by atoms with Gasteiger partial charge in [-0.25, -0.2) is 0 Å². The van der Waals surface area contributed by atoms with E-state index in [2.05, 4.69) is 10.3 Å². The predicted octanol–water partition coefficient (Wildman–Crippen LogP) is 4.40. The number of furan rings is 1. The Morgan fingerprint density at radius 2 is 1.88 bits per heavy atom. The van der Waals surface area contributed by atoms with Crippen LogP contribution in [-0.4, -0.2) is 10.9 Å². The molecular weight excluding hydrogens is 312 g/mol. The fourth-order valence-corrected chi connectivity index (χ4v) is 3.06. The zero-order valence-corrected chi connectivity index (χ0v) is 13.9. The van der Waals surface area contributed by atoms with Gasteiger partial charge in [-0.15, -0.1) is 0 Å². The van der Waals surface area contributed by atoms with Gasteiger partial charge < -0.3 is 9.73 Å². The van der Waals surface area contributed by atoms with Crippen molar-refractivity contribution in [1.82, 2.24) is 10.3 Å². The molecule has 2 aromatic carbocycles. The number of pyridine rings is 1. The number of hydrogen-bond acceptors (Lipinski definition) is 3. The van der Waals surface area contributed by atoms with Gasteiger partial charge in [0.2, 0.25) is 5.91 Å². The Labute approximate surface area is 145 Å². The molecule has 0 aliphatic heterocycles. The molecular formula is C21H18N2O2. The molecule has 4 aromatic rings. The molecule has 0 spiro atoms. The number of rotatable bonds is 4. The summed E-state index contributed by atoms with van der Waals surface area (Å²) < 4.78 is 5.82. The van der Waals surface area contributed by atoms with E-state index in [1.807, 2.05) is 67.6 Å². The molecule has 25 heavy (non-hydrogen) atoms. The average Bonchev–Trinajstić information content (AvgIpc) is 3.06. The van der Waals surface area contributed by atoms with E-state index in [0.717, 1.165) is 33.2 Å². The molecule has 0 bridgehead atoms. The first kappa shape index (κ1) is 15.4. The first-order valence-electron chi connectivity index (χ1n) is 8.31. The van der Waals surface area contributed by atoms with Crippen LogP contribution in [-0.2, 0) is 11.2 Å². The largest absolute Gasteiger partial charge is 0.459 e. The molecule has 4 rings (SSSR count). The van der Waals surface area contributed by atoms with Crippen LogP contribution in [0.3, 0.4) is 0 Å². The minimum absolute atomic E-state index is 0.0499. The third kappa shape index (κ3) is 3.11. The maximum absolute atomic E-state index is 12.5. The van der Waals surface area contributed by atoms with Gasteiger partial charge in [0.25, 0.3) is 0 Å². The van der Waals surface area contributed by atoms with Gasteiger partial charge in [-0.3, -0.25) is 9.78 Å². The molecule has 2 aromatic heterocycles. The van der Waals surface area contributed by atoms with E-state index in [1.165, 1.54) is 0 Å². The summed E-state index contributed by atoms with van der Waals surface area (Å²) in [6.45, 7) is 1.93. The quantitative estimate of drug-likeness (QED) is 0.603. The van der Waals surface area contributed by atoms with Crippen LogP contribution >= 0.6 is 0 Å². The number of hydrogen-bond donors (Lipinski definition) is 1. The molecule has 0 fully saturated rings. The second-order valence-electron chi connectivity index (χ2n) is 6.14. The zero-order chi connectivity index (χ0) is 17.2. The predicted molar refractivity (Wildman–Crippen MR) is 98.2 cm³/mol. The third-order valence-electron chi connectivity index (χ3n) is 4.32. The summed E-state index contributed by atoms with van der Waals surface area (Å²) in [4.78, 5) is 16.9. The molecule has 1 amide bonds. The molecule has 4 heteroatoms. The van der Waals surface area contributed by atoms with Crippen LogP contribution < -0.4 is 5.32 Å². The monoisotopic (exact) mass is 330 g/mol. The maximum Gasteiger partial charge on any atom is 0.225 e. The van der Waals surface area contributed by atoms with E-state index in [0.29, 0.717) is 6.42 Å². The van der Waals surface area contributed by atoms with Crippen molar-refractivity contribution in [3.05, 3.63) is 78.2 Å². The lowest BCUT2D eigenvalue weighted by atomic mass is 10.1. The van der Waals surface area contributed by atoms with Crippen LogP contribution in [0.2, 0.25) is 0 Å². The number of para-hydroxylation sites is 2. The summed E-state index contributed by atoms with van der Waals surface area (Å²) >= 11 is 0. The van der Waals surface area contributed by atoms with Gasteiger partial charge >= 0.3 is 0 Å². The summed E-state index contributed by atoms with van der Waals surface area (Å²) in [5.41, 5.74) is 2.63. The highest BCUT2D eigenvalue weighted by atomic mass is 16.3. The van der Waals surface area contributed by atoms with Gasteiger partial charge in [-0.05, 0) is 30.7 Å². The summed E-state index contributed by atoms with van der Waals surface area (Å²) in [5.74, 6) is 0.705. The summed E-state index contributed by atoms with van der Waals surface area (Å²) in [5, 5.41) is 5.09. The van der Waals surface area contributed by atoms with Gasteiger partial charge in [0, 0.05) is 17.0 Å². The molecule has 124 valence electrons. The highest BCUT2D eigenvalue weighted by molar-refractivity contribution is 5.87. The second-order valence-corrected chi connectivity index (χ2v) is 6.14. The van der Waals surface area contributed by atoms with Crippen LogP contribution in [0.5, 0.6) is 0 Å². The Kier molecular flexibility index (Phi) is 3.94. The van der Waals surface area contributed by atoms with Gasteiger partial charge in [0.15, 0.2) is 0 Å². The van der Waals surface area contributed by atoms with E-state index in [9.17, 15) is 4.79 Å². The Bertz CT molecular complexity index is 1010. The molecule has 0 radical (unpaired) electrons. The molecule has 0 saturated heterocycles. The number of nitrogens with one attached hydrogen (secondary N) is 1. The van der Waals surface area contributed by atoms with E-state index in [4.69, 9.17) is 4.42 Å². The lowest BCUT2D eigenvalue weighted by Gasteiger charge is -2.12. The molecule has 1 atom stereocenters. The lowest BCUT2D eigenvalue weighted by molar-refractivity contribution is -0.121. The maximum atomic E-state index is 12.5. The number of carbonyl (C=O) groups is 1. The fraction of sp³-hybridized carbons (Fsp3) is 0.143. The smallest absolute Gasteiger partial charge is 0.225 e. The van der Waals surface area contributed by atoms with Crippen molar-refractivity contribution in [2.75, 3.05) is 0 Å². The zero-order valence-electron chi connectivity index (χ0n) is 13.9. The van der Waals surface area contributed by atoms with E-state index >= 15 is 0 Å². The topological polar surface area (TPSA) is 55.1 Å². The second kappa shape index (κ2) is 6.40. The number of amides is 1. The van der Waals surface area contributed by atoms with Crippen LogP contribution in [0.4, 0.5) is 0 Å². The lowest BCUT2D eigenvalue weighted by Crippen LogP contribution is -2.28. The number of aromatic nitrogens is 1. The summed E-state index contributed by atoms with van der Waals surface area (Å²) in [7, 11) is 0. The van der Waals surface area contributed by atoms with Gasteiger partial charge in [0.05, 0.1) is 18.0 Å². The summed E-state index contributed by atoms with van der Waals surface area (Å²) in [6.07, 6.45) is 2.04. The molecule has 2 heterocycles. The number of nitrogens with zero attached hydrogens (tertiary/aromatic N) is 1. The minimum Gasteiger partial charge on any atom is -0.459 e. The van der Waals surface area contributed by atoms with Crippen molar-refractivity contribution in [2.45, 2.75) is 19.4 Å². The van der Waals surface area contributed by atoms with Crippen molar-refractivity contribution in [3.8, 4) is 0 Å². The first-order valence-corrected chi connectivity index (χ1v) is 8.31. The van der Waals surface area contributed by atoms with Crippen LogP contribution in [0.15, 0.2) is 71.3 Å². The van der Waals surface area contributed by atoms with Crippen molar-refractivity contribution >= 4 is 27.8 Å². The number of benzene rings is 2. The Hall–Kier alpha value is -3.14. The standard InChI is InChI=1S/C21H18N2O2/c1-14(19-12-16-6-2-3-10-18(16)25-19)23-20(24)13-17-8-4-7-15-9-5-11-22-21(15)17/h2-12,14H,13H2,1H3,(H,23,24). The highest BCUT2D eigenvalue weighted by Gasteiger charge is 2.15. The van der Waals surface area contributed by atoms with Crippen molar-refractivity contribution < 1.29 is 9.21 Å². The molecule has 4 nitrogen and oxygen atoms in total. The molecule has 0 aliphatic rings. The summed E-state index contributed by atoms with van der Waals surface area (Å²) in [6, 6.07) is 19.4. The fourth-order valence-electron chi connectivity index (χ4n) is 3.06. The molecule has 1 unspecified atom stereocenters. The van der Waals surface area contributed by atoms with Crippen molar-refractivity contribution in [2.24, 2.45) is 0 Å². The minimum atomic E-state index is -0.192. The number of fused-ring (bicyclic) bond motifs is 2. The van der Waals surface area contributed by atoms with Gasteiger partial charge in [-0.2, -0.15) is 0 Å². The Morgan fingerprint density at radius 1 is 1.08 bits per heavy atom. The SMILES string of the molecule is CC(NC(=O)Cc1cccc2cccnc12)c1cc2ccccc2o1. The van der Waals surface area contributed by atoms with E-state index in [-0.39, 0.29) is 11.9 Å². The van der Waals surface area contributed by atoms with E-state index in [1.54, 1.807) is 6.20 Å². The third-order valence-corrected chi connectivity index (χ3v) is 4.32. The number of carbonyl (C=O) groups excluding carboxylic acids is 1.